The molecule has 0 heterocycles. The number of carbonyl (C=O) groups is 1. The van der Waals surface area contributed by atoms with Crippen molar-refractivity contribution in [1.29, 1.82) is 0 Å². The van der Waals surface area contributed by atoms with Gasteiger partial charge in [-0.05, 0) is 18.8 Å². The van der Waals surface area contributed by atoms with E-state index < -0.39 is 24.2 Å². The topological polar surface area (TPSA) is 37.3 Å². The summed E-state index contributed by atoms with van der Waals surface area (Å²) in [5.74, 6) is -1.20. The number of carboxylic acid groups (broad SMARTS) is 1. The Morgan fingerprint density at radius 1 is 1.50 bits per heavy atom. The van der Waals surface area contributed by atoms with Crippen molar-refractivity contribution in [2.75, 3.05) is 0 Å². The lowest BCUT2D eigenvalue weighted by atomic mass is 9.90. The van der Waals surface area contributed by atoms with Gasteiger partial charge in [0.25, 0.3) is 0 Å². The van der Waals surface area contributed by atoms with Gasteiger partial charge < -0.3 is 5.11 Å². The van der Waals surface area contributed by atoms with Crippen molar-refractivity contribution in [2.45, 2.75) is 38.0 Å². The Bertz CT molecular complexity index is 276. The largest absolute Gasteiger partial charge is 0.481 e. The molecule has 78 valence electrons. The molecular formula is C10H12F2O2. The molecule has 2 nitrogen and oxygen atoms in total. The van der Waals surface area contributed by atoms with Gasteiger partial charge in [-0.1, -0.05) is 12.3 Å². The van der Waals surface area contributed by atoms with Crippen molar-refractivity contribution >= 4 is 5.97 Å². The molecule has 0 saturated carbocycles. The average Bonchev–Trinajstić information content (AvgIpc) is 2.05. The highest BCUT2D eigenvalue weighted by molar-refractivity contribution is 5.67. The van der Waals surface area contributed by atoms with Crippen LogP contribution in [0.2, 0.25) is 0 Å². The Morgan fingerprint density at radius 3 is 2.86 bits per heavy atom. The van der Waals surface area contributed by atoms with E-state index in [9.17, 15) is 13.6 Å². The fraction of sp³-hybridized carbons (Fsp3) is 0.700. The first-order valence-electron chi connectivity index (χ1n) is 4.62. The normalized spacial score (nSPS) is 25.4. The molecule has 0 radical (unpaired) electrons. The minimum atomic E-state index is -3.14. The quantitative estimate of drug-likeness (QED) is 0.697. The third kappa shape index (κ3) is 2.99. The van der Waals surface area contributed by atoms with Gasteiger partial charge in [0, 0.05) is 12.3 Å². The van der Waals surface area contributed by atoms with E-state index in [2.05, 4.69) is 5.92 Å². The lowest BCUT2D eigenvalue weighted by Crippen LogP contribution is -2.29. The molecule has 0 fully saturated rings. The lowest BCUT2D eigenvalue weighted by Gasteiger charge is -2.22. The highest BCUT2D eigenvalue weighted by atomic mass is 19.3. The highest BCUT2D eigenvalue weighted by Crippen LogP contribution is 2.32. The Kier molecular flexibility index (Phi) is 3.45. The van der Waals surface area contributed by atoms with E-state index >= 15 is 0 Å². The van der Waals surface area contributed by atoms with Gasteiger partial charge in [-0.25, -0.2) is 0 Å². The van der Waals surface area contributed by atoms with E-state index in [1.54, 1.807) is 0 Å². The van der Waals surface area contributed by atoms with Gasteiger partial charge in [-0.15, -0.1) is 0 Å². The summed E-state index contributed by atoms with van der Waals surface area (Å²) in [4.78, 5) is 10.4. The second kappa shape index (κ2) is 4.41. The molecule has 1 rings (SSSR count). The number of hydrogen-bond donors (Lipinski definition) is 1. The van der Waals surface area contributed by atoms with Crippen molar-refractivity contribution in [1.82, 2.24) is 0 Å². The average molecular weight is 202 g/mol. The molecule has 0 aliphatic heterocycles. The van der Waals surface area contributed by atoms with Crippen LogP contribution in [0.1, 0.15) is 32.1 Å². The SMILES string of the molecule is O=C(O)CC1CCCCC#CC1(F)F. The van der Waals surface area contributed by atoms with E-state index in [0.717, 1.165) is 6.42 Å². The van der Waals surface area contributed by atoms with Crippen molar-refractivity contribution < 1.29 is 18.7 Å². The highest BCUT2D eigenvalue weighted by Gasteiger charge is 2.38. The molecule has 1 aliphatic carbocycles. The lowest BCUT2D eigenvalue weighted by molar-refractivity contribution is -0.141. The third-order valence-electron chi connectivity index (χ3n) is 2.29. The van der Waals surface area contributed by atoms with Crippen LogP contribution in [0.3, 0.4) is 0 Å². The van der Waals surface area contributed by atoms with Gasteiger partial charge in [-0.2, -0.15) is 8.78 Å². The number of rotatable bonds is 2. The summed E-state index contributed by atoms with van der Waals surface area (Å²) in [5, 5.41) is 8.48. The minimum Gasteiger partial charge on any atom is -0.481 e. The van der Waals surface area contributed by atoms with Gasteiger partial charge in [0.1, 0.15) is 0 Å². The van der Waals surface area contributed by atoms with Crippen LogP contribution in [0.15, 0.2) is 0 Å². The monoisotopic (exact) mass is 202 g/mol. The van der Waals surface area contributed by atoms with E-state index in [0.29, 0.717) is 12.8 Å². The van der Waals surface area contributed by atoms with E-state index in [4.69, 9.17) is 5.11 Å². The van der Waals surface area contributed by atoms with Crippen LogP contribution in [0, 0.1) is 17.8 Å². The molecule has 1 atom stereocenters. The molecule has 1 N–H and O–H groups in total. The summed E-state index contributed by atoms with van der Waals surface area (Å²) < 4.78 is 26.5. The van der Waals surface area contributed by atoms with Gasteiger partial charge in [0.2, 0.25) is 0 Å². The molecule has 14 heavy (non-hydrogen) atoms. The Labute approximate surface area is 81.3 Å². The molecule has 0 aromatic carbocycles. The number of hydrogen-bond acceptors (Lipinski definition) is 1. The van der Waals surface area contributed by atoms with E-state index in [-0.39, 0.29) is 6.42 Å². The van der Waals surface area contributed by atoms with Gasteiger partial charge in [-0.3, -0.25) is 4.79 Å². The number of alkyl halides is 2. The van der Waals surface area contributed by atoms with Crippen molar-refractivity contribution in [3.63, 3.8) is 0 Å². The Morgan fingerprint density at radius 2 is 2.21 bits per heavy atom. The fourth-order valence-corrected chi connectivity index (χ4v) is 1.51. The molecular weight excluding hydrogens is 190 g/mol. The molecule has 0 amide bonds. The zero-order valence-electron chi connectivity index (χ0n) is 7.72. The van der Waals surface area contributed by atoms with Gasteiger partial charge in [0.15, 0.2) is 0 Å². The maximum absolute atomic E-state index is 13.2. The summed E-state index contributed by atoms with van der Waals surface area (Å²) in [6.07, 6.45) is 1.63. The molecule has 1 aliphatic rings. The molecule has 0 saturated heterocycles. The zero-order chi connectivity index (χ0) is 10.6. The van der Waals surface area contributed by atoms with E-state index in [1.165, 1.54) is 0 Å². The van der Waals surface area contributed by atoms with Crippen molar-refractivity contribution in [3.05, 3.63) is 0 Å². The molecule has 0 aromatic rings. The molecule has 0 aromatic heterocycles. The second-order valence-corrected chi connectivity index (χ2v) is 3.47. The summed E-state index contributed by atoms with van der Waals surface area (Å²) >= 11 is 0. The molecule has 4 heteroatoms. The number of carboxylic acids is 1. The van der Waals surface area contributed by atoms with E-state index in [1.807, 2.05) is 5.92 Å². The van der Waals surface area contributed by atoms with Crippen LogP contribution in [0.5, 0.6) is 0 Å². The van der Waals surface area contributed by atoms with Crippen molar-refractivity contribution in [2.24, 2.45) is 5.92 Å². The third-order valence-corrected chi connectivity index (χ3v) is 2.29. The first-order valence-corrected chi connectivity index (χ1v) is 4.62. The molecule has 1 unspecified atom stereocenters. The maximum Gasteiger partial charge on any atom is 0.311 e. The Hall–Kier alpha value is -1.11. The van der Waals surface area contributed by atoms with Gasteiger partial charge in [0.05, 0.1) is 6.42 Å². The smallest absolute Gasteiger partial charge is 0.311 e. The second-order valence-electron chi connectivity index (χ2n) is 3.47. The predicted octanol–water partition coefficient (Wildman–Crippen LogP) is 2.29. The van der Waals surface area contributed by atoms with Crippen LogP contribution in [-0.4, -0.2) is 17.0 Å². The summed E-state index contributed by atoms with van der Waals surface area (Å²) in [6, 6.07) is 0. The number of aliphatic carboxylic acids is 1. The van der Waals surface area contributed by atoms with Gasteiger partial charge >= 0.3 is 11.9 Å². The van der Waals surface area contributed by atoms with Crippen LogP contribution >= 0.6 is 0 Å². The number of halogens is 2. The van der Waals surface area contributed by atoms with Crippen LogP contribution < -0.4 is 0 Å². The Balaban J connectivity index is 2.75. The summed E-state index contributed by atoms with van der Waals surface area (Å²) in [7, 11) is 0. The zero-order valence-corrected chi connectivity index (χ0v) is 7.72. The first kappa shape index (κ1) is 11.0. The fourth-order valence-electron chi connectivity index (χ4n) is 1.51. The van der Waals surface area contributed by atoms with Crippen LogP contribution in [-0.2, 0) is 4.79 Å². The maximum atomic E-state index is 13.2. The molecule has 0 bridgehead atoms. The first-order chi connectivity index (χ1) is 6.52. The molecule has 0 spiro atoms. The summed E-state index contributed by atoms with van der Waals surface area (Å²) in [6.45, 7) is 0. The van der Waals surface area contributed by atoms with Crippen LogP contribution in [0.25, 0.3) is 0 Å². The van der Waals surface area contributed by atoms with Crippen molar-refractivity contribution in [3.8, 4) is 11.8 Å². The standard InChI is InChI=1S/C10H12F2O2/c11-10(12)6-4-2-1-3-5-8(10)7-9(13)14/h8H,1-3,5,7H2,(H,13,14). The predicted molar refractivity (Wildman–Crippen MR) is 46.9 cm³/mol. The summed E-state index contributed by atoms with van der Waals surface area (Å²) in [5.41, 5.74) is 0. The minimum absolute atomic E-state index is 0.244. The van der Waals surface area contributed by atoms with Crippen LogP contribution in [0.4, 0.5) is 8.78 Å².